The minimum Gasteiger partial charge on any atom is -0.487 e. The maximum absolute atomic E-state index is 6.10. The third kappa shape index (κ3) is 2.68. The van der Waals surface area contributed by atoms with Gasteiger partial charge in [-0.2, -0.15) is 4.52 Å². The van der Waals surface area contributed by atoms with Crippen molar-refractivity contribution in [3.8, 4) is 5.75 Å². The van der Waals surface area contributed by atoms with E-state index in [-0.39, 0.29) is 6.10 Å². The van der Waals surface area contributed by atoms with Crippen molar-refractivity contribution < 1.29 is 4.74 Å². The van der Waals surface area contributed by atoms with E-state index in [1.807, 2.05) is 19.1 Å². The third-order valence-electron chi connectivity index (χ3n) is 3.90. The van der Waals surface area contributed by atoms with Gasteiger partial charge in [-0.1, -0.05) is 11.6 Å². The highest BCUT2D eigenvalue weighted by molar-refractivity contribution is 6.31. The summed E-state index contributed by atoms with van der Waals surface area (Å²) in [7, 11) is 0. The van der Waals surface area contributed by atoms with Crippen molar-refractivity contribution in [3.05, 3.63) is 41.4 Å². The minimum atomic E-state index is 0.0782. The Hall–Kier alpha value is -2.41. The Morgan fingerprint density at radius 1 is 1.26 bits per heavy atom. The first-order valence-electron chi connectivity index (χ1n) is 7.41. The fourth-order valence-corrected chi connectivity index (χ4v) is 2.89. The molecular weight excluding hydrogens is 316 g/mol. The van der Waals surface area contributed by atoms with Gasteiger partial charge in [0.25, 0.3) is 0 Å². The second-order valence-corrected chi connectivity index (χ2v) is 5.90. The fourth-order valence-electron chi connectivity index (χ4n) is 2.73. The number of halogens is 1. The average Bonchev–Trinajstić information content (AvgIpc) is 3.17. The molecule has 0 spiro atoms. The predicted molar refractivity (Wildman–Crippen MR) is 86.0 cm³/mol. The standard InChI is InChI=1S/C15H15ClN6O/c1-10-18-19-14-2-3-15(20-22(10)14)21-7-5-11(9-21)23-13-4-6-17-8-12(13)16/h2-4,6,8,11H,5,7,9H2,1H3. The number of nitrogens with zero attached hydrogens (tertiary/aromatic N) is 6. The summed E-state index contributed by atoms with van der Waals surface area (Å²) < 4.78 is 7.73. The maximum atomic E-state index is 6.10. The van der Waals surface area contributed by atoms with Gasteiger partial charge in [0, 0.05) is 31.4 Å². The van der Waals surface area contributed by atoms with Crippen molar-refractivity contribution in [3.63, 3.8) is 0 Å². The first-order chi connectivity index (χ1) is 11.2. The van der Waals surface area contributed by atoms with E-state index < -0.39 is 0 Å². The van der Waals surface area contributed by atoms with Crippen LogP contribution in [0.1, 0.15) is 12.2 Å². The molecular formula is C15H15ClN6O. The van der Waals surface area contributed by atoms with Crippen LogP contribution < -0.4 is 9.64 Å². The van der Waals surface area contributed by atoms with Crippen LogP contribution in [0.3, 0.4) is 0 Å². The number of fused-ring (bicyclic) bond motifs is 1. The largest absolute Gasteiger partial charge is 0.487 e. The molecule has 0 N–H and O–H groups in total. The first-order valence-corrected chi connectivity index (χ1v) is 7.79. The molecule has 3 aromatic heterocycles. The Labute approximate surface area is 137 Å². The first kappa shape index (κ1) is 14.2. The molecule has 8 heteroatoms. The van der Waals surface area contributed by atoms with Crippen LogP contribution in [0.5, 0.6) is 5.75 Å². The molecule has 0 amide bonds. The Morgan fingerprint density at radius 3 is 3.04 bits per heavy atom. The van der Waals surface area contributed by atoms with Gasteiger partial charge in [0.1, 0.15) is 22.7 Å². The van der Waals surface area contributed by atoms with Gasteiger partial charge >= 0.3 is 0 Å². The van der Waals surface area contributed by atoms with Crippen molar-refractivity contribution >= 4 is 23.1 Å². The van der Waals surface area contributed by atoms with E-state index in [4.69, 9.17) is 16.3 Å². The Balaban J connectivity index is 1.51. The van der Waals surface area contributed by atoms with E-state index in [0.29, 0.717) is 10.8 Å². The normalized spacial score (nSPS) is 17.8. The lowest BCUT2D eigenvalue weighted by Gasteiger charge is -2.18. The summed E-state index contributed by atoms with van der Waals surface area (Å²) in [5, 5.41) is 13.2. The minimum absolute atomic E-state index is 0.0782. The van der Waals surface area contributed by atoms with E-state index in [1.54, 1.807) is 23.0 Å². The molecule has 7 nitrogen and oxygen atoms in total. The number of rotatable bonds is 3. The zero-order valence-corrected chi connectivity index (χ0v) is 13.3. The molecule has 1 fully saturated rings. The summed E-state index contributed by atoms with van der Waals surface area (Å²) in [6, 6.07) is 5.68. The number of pyridine rings is 1. The van der Waals surface area contributed by atoms with Crippen molar-refractivity contribution in [1.29, 1.82) is 0 Å². The molecule has 1 unspecified atom stereocenters. The molecule has 4 heterocycles. The van der Waals surface area contributed by atoms with Crippen molar-refractivity contribution in [1.82, 2.24) is 24.8 Å². The molecule has 0 radical (unpaired) electrons. The second-order valence-electron chi connectivity index (χ2n) is 5.49. The van der Waals surface area contributed by atoms with Gasteiger partial charge in [-0.25, -0.2) is 0 Å². The Morgan fingerprint density at radius 2 is 2.17 bits per heavy atom. The lowest BCUT2D eigenvalue weighted by atomic mass is 10.3. The highest BCUT2D eigenvalue weighted by Crippen LogP contribution is 2.27. The molecule has 0 saturated carbocycles. The summed E-state index contributed by atoms with van der Waals surface area (Å²) in [6.45, 7) is 3.53. The van der Waals surface area contributed by atoms with Gasteiger partial charge in [0.15, 0.2) is 11.5 Å². The Kier molecular flexibility index (Phi) is 3.49. The summed E-state index contributed by atoms with van der Waals surface area (Å²) in [4.78, 5) is 6.16. The fraction of sp³-hybridized carbons (Fsp3) is 0.333. The van der Waals surface area contributed by atoms with E-state index in [1.165, 1.54) is 0 Å². The summed E-state index contributed by atoms with van der Waals surface area (Å²) in [5.41, 5.74) is 0.752. The quantitative estimate of drug-likeness (QED) is 0.733. The van der Waals surface area contributed by atoms with Crippen LogP contribution >= 0.6 is 11.6 Å². The van der Waals surface area contributed by atoms with Gasteiger partial charge < -0.3 is 9.64 Å². The van der Waals surface area contributed by atoms with Gasteiger partial charge in [0.05, 0.1) is 6.54 Å². The molecule has 1 aliphatic heterocycles. The molecule has 4 rings (SSSR count). The summed E-state index contributed by atoms with van der Waals surface area (Å²) in [5.74, 6) is 2.34. The number of hydrogen-bond donors (Lipinski definition) is 0. The van der Waals surface area contributed by atoms with E-state index in [9.17, 15) is 0 Å². The van der Waals surface area contributed by atoms with Gasteiger partial charge in [-0.3, -0.25) is 4.98 Å². The van der Waals surface area contributed by atoms with Crippen LogP contribution in [0.15, 0.2) is 30.6 Å². The van der Waals surface area contributed by atoms with Crippen molar-refractivity contribution in [2.45, 2.75) is 19.4 Å². The molecule has 1 aliphatic rings. The van der Waals surface area contributed by atoms with Crippen LogP contribution in [-0.2, 0) is 0 Å². The highest BCUT2D eigenvalue weighted by Gasteiger charge is 2.26. The molecule has 118 valence electrons. The van der Waals surface area contributed by atoms with Crippen LogP contribution in [-0.4, -0.2) is 44.0 Å². The predicted octanol–water partition coefficient (Wildman–Crippen LogP) is 2.14. The van der Waals surface area contributed by atoms with Gasteiger partial charge in [-0.15, -0.1) is 15.3 Å². The molecule has 23 heavy (non-hydrogen) atoms. The molecule has 1 atom stereocenters. The van der Waals surface area contributed by atoms with Gasteiger partial charge in [0.2, 0.25) is 0 Å². The number of aromatic nitrogens is 5. The third-order valence-corrected chi connectivity index (χ3v) is 4.19. The monoisotopic (exact) mass is 330 g/mol. The molecule has 0 bridgehead atoms. The topological polar surface area (TPSA) is 68.4 Å². The van der Waals surface area contributed by atoms with Gasteiger partial charge in [-0.05, 0) is 19.1 Å². The SMILES string of the molecule is Cc1nnc2ccc(N3CCC(Oc4ccncc4Cl)C3)nn12. The van der Waals surface area contributed by atoms with Crippen LogP contribution in [0.2, 0.25) is 5.02 Å². The zero-order chi connectivity index (χ0) is 15.8. The van der Waals surface area contributed by atoms with E-state index in [2.05, 4.69) is 25.2 Å². The number of ether oxygens (including phenoxy) is 1. The smallest absolute Gasteiger partial charge is 0.178 e. The van der Waals surface area contributed by atoms with E-state index in [0.717, 1.165) is 36.8 Å². The van der Waals surface area contributed by atoms with Crippen LogP contribution in [0.25, 0.3) is 5.65 Å². The molecule has 1 saturated heterocycles. The highest BCUT2D eigenvalue weighted by atomic mass is 35.5. The van der Waals surface area contributed by atoms with Crippen molar-refractivity contribution in [2.24, 2.45) is 0 Å². The van der Waals surface area contributed by atoms with Crippen molar-refractivity contribution in [2.75, 3.05) is 18.0 Å². The maximum Gasteiger partial charge on any atom is 0.178 e. The average molecular weight is 331 g/mol. The summed E-state index contributed by atoms with van der Waals surface area (Å²) in [6.07, 6.45) is 4.26. The molecule has 3 aromatic rings. The summed E-state index contributed by atoms with van der Waals surface area (Å²) >= 11 is 6.10. The molecule has 0 aromatic carbocycles. The van der Waals surface area contributed by atoms with E-state index >= 15 is 0 Å². The number of anilines is 1. The number of hydrogen-bond acceptors (Lipinski definition) is 6. The zero-order valence-electron chi connectivity index (χ0n) is 12.6. The second kappa shape index (κ2) is 5.66. The molecule has 0 aliphatic carbocycles. The Bertz CT molecular complexity index is 851. The lowest BCUT2D eigenvalue weighted by molar-refractivity contribution is 0.225. The number of aryl methyl sites for hydroxylation is 1. The lowest BCUT2D eigenvalue weighted by Crippen LogP contribution is -2.25. The van der Waals surface area contributed by atoms with Crippen LogP contribution in [0, 0.1) is 6.92 Å². The van der Waals surface area contributed by atoms with Crippen LogP contribution in [0.4, 0.5) is 5.82 Å².